The fourth-order valence-corrected chi connectivity index (χ4v) is 4.48. The predicted octanol–water partition coefficient (Wildman–Crippen LogP) is 2.18. The molecule has 0 aromatic heterocycles. The number of amides is 2. The van der Waals surface area contributed by atoms with Crippen molar-refractivity contribution in [3.8, 4) is 5.75 Å². The number of hydrogen-bond donors (Lipinski definition) is 1. The molecule has 6 heteroatoms. The number of nitrogens with one attached hydrogen (secondary N) is 1. The summed E-state index contributed by atoms with van der Waals surface area (Å²) in [6.45, 7) is 5.13. The van der Waals surface area contributed by atoms with Crippen molar-refractivity contribution in [1.29, 1.82) is 0 Å². The number of likely N-dealkylation sites (tertiary alicyclic amines) is 1. The maximum Gasteiger partial charge on any atom is 0.224 e. The van der Waals surface area contributed by atoms with Crippen LogP contribution in [-0.4, -0.2) is 59.9 Å². The molecule has 1 N–H and O–H groups in total. The van der Waals surface area contributed by atoms with Crippen molar-refractivity contribution in [3.05, 3.63) is 29.8 Å². The second-order valence-electron chi connectivity index (χ2n) is 8.44. The van der Waals surface area contributed by atoms with E-state index in [1.165, 1.54) is 12.8 Å². The van der Waals surface area contributed by atoms with E-state index >= 15 is 0 Å². The summed E-state index contributed by atoms with van der Waals surface area (Å²) in [4.78, 5) is 28.9. The smallest absolute Gasteiger partial charge is 0.224 e. The van der Waals surface area contributed by atoms with Crippen LogP contribution in [0.25, 0.3) is 0 Å². The summed E-state index contributed by atoms with van der Waals surface area (Å²) in [5, 5.41) is 2.98. The molecular formula is C22H31N3O3. The van der Waals surface area contributed by atoms with Gasteiger partial charge in [-0.25, -0.2) is 0 Å². The van der Waals surface area contributed by atoms with E-state index in [4.69, 9.17) is 4.74 Å². The minimum atomic E-state index is 0.0223. The molecule has 2 amide bonds. The number of rotatable bonds is 6. The molecule has 4 rings (SSSR count). The topological polar surface area (TPSA) is 61.9 Å². The van der Waals surface area contributed by atoms with Gasteiger partial charge in [-0.3, -0.25) is 14.5 Å². The number of carbonyl (C=O) groups is 2. The van der Waals surface area contributed by atoms with Crippen LogP contribution in [0.5, 0.6) is 5.75 Å². The fraction of sp³-hybridized carbons (Fsp3) is 0.636. The molecule has 2 fully saturated rings. The first-order valence-corrected chi connectivity index (χ1v) is 10.6. The van der Waals surface area contributed by atoms with E-state index in [0.29, 0.717) is 38.7 Å². The van der Waals surface area contributed by atoms with Gasteiger partial charge in [0.15, 0.2) is 0 Å². The van der Waals surface area contributed by atoms with E-state index in [1.54, 1.807) is 6.92 Å². The van der Waals surface area contributed by atoms with Crippen molar-refractivity contribution in [1.82, 2.24) is 15.1 Å². The molecule has 1 saturated heterocycles. The largest absolute Gasteiger partial charge is 0.491 e. The standard InChI is InChI=1S/C22H31N3O3/c1-16(26)23-13-20-9-8-19(25(20)14-17-6-7-17)12-22(27)24-10-11-28-21-5-3-2-4-18(21)15-24/h2-5,17,19-20H,6-15H2,1H3,(H,23,26)/t19-,20+/m0/s1. The van der Waals surface area contributed by atoms with Gasteiger partial charge in [0.05, 0.1) is 6.54 Å². The Hall–Kier alpha value is -2.08. The van der Waals surface area contributed by atoms with Gasteiger partial charge in [-0.05, 0) is 37.7 Å². The third-order valence-corrected chi connectivity index (χ3v) is 6.24. The zero-order chi connectivity index (χ0) is 19.5. The van der Waals surface area contributed by atoms with Crippen LogP contribution in [0.4, 0.5) is 0 Å². The second kappa shape index (κ2) is 8.52. The van der Waals surface area contributed by atoms with E-state index in [1.807, 2.05) is 29.2 Å². The molecule has 1 saturated carbocycles. The van der Waals surface area contributed by atoms with Gasteiger partial charge in [0.1, 0.15) is 12.4 Å². The summed E-state index contributed by atoms with van der Waals surface area (Å²) in [5.41, 5.74) is 1.08. The SMILES string of the molecule is CC(=O)NC[C@H]1CC[C@@H](CC(=O)N2CCOc3ccccc3C2)N1CC1CC1. The third kappa shape index (κ3) is 4.66. The fourth-order valence-electron chi connectivity index (χ4n) is 4.48. The molecule has 28 heavy (non-hydrogen) atoms. The summed E-state index contributed by atoms with van der Waals surface area (Å²) in [6.07, 6.45) is 5.24. The minimum Gasteiger partial charge on any atom is -0.491 e. The van der Waals surface area contributed by atoms with E-state index < -0.39 is 0 Å². The zero-order valence-corrected chi connectivity index (χ0v) is 16.7. The Morgan fingerprint density at radius 1 is 1.14 bits per heavy atom. The van der Waals surface area contributed by atoms with Crippen LogP contribution in [0.2, 0.25) is 0 Å². The molecule has 1 aromatic rings. The number of benzene rings is 1. The number of para-hydroxylation sites is 1. The highest BCUT2D eigenvalue weighted by molar-refractivity contribution is 5.77. The van der Waals surface area contributed by atoms with Crippen LogP contribution in [0.15, 0.2) is 24.3 Å². The maximum absolute atomic E-state index is 13.1. The number of fused-ring (bicyclic) bond motifs is 1. The number of hydrogen-bond acceptors (Lipinski definition) is 4. The van der Waals surface area contributed by atoms with Gasteiger partial charge in [-0.15, -0.1) is 0 Å². The van der Waals surface area contributed by atoms with E-state index in [9.17, 15) is 9.59 Å². The quantitative estimate of drug-likeness (QED) is 0.815. The Morgan fingerprint density at radius 2 is 1.93 bits per heavy atom. The van der Waals surface area contributed by atoms with Gasteiger partial charge in [-0.2, -0.15) is 0 Å². The van der Waals surface area contributed by atoms with Gasteiger partial charge in [0, 0.05) is 50.6 Å². The lowest BCUT2D eigenvalue weighted by molar-refractivity contribution is -0.133. The molecule has 0 unspecified atom stereocenters. The Labute approximate surface area is 167 Å². The lowest BCUT2D eigenvalue weighted by Gasteiger charge is -2.31. The summed E-state index contributed by atoms with van der Waals surface area (Å²) in [5.74, 6) is 1.90. The molecule has 0 bridgehead atoms. The van der Waals surface area contributed by atoms with Gasteiger partial charge in [0.2, 0.25) is 11.8 Å². The third-order valence-electron chi connectivity index (χ3n) is 6.24. The molecule has 1 aromatic carbocycles. The first kappa shape index (κ1) is 19.2. The van der Waals surface area contributed by atoms with Gasteiger partial charge >= 0.3 is 0 Å². The lowest BCUT2D eigenvalue weighted by atomic mass is 10.1. The normalized spacial score (nSPS) is 25.0. The zero-order valence-electron chi connectivity index (χ0n) is 16.7. The predicted molar refractivity (Wildman–Crippen MR) is 107 cm³/mol. The summed E-state index contributed by atoms with van der Waals surface area (Å²) in [7, 11) is 0. The Morgan fingerprint density at radius 3 is 2.71 bits per heavy atom. The van der Waals surface area contributed by atoms with Gasteiger partial charge in [-0.1, -0.05) is 18.2 Å². The summed E-state index contributed by atoms with van der Waals surface area (Å²) in [6, 6.07) is 8.63. The average molecular weight is 386 g/mol. The van der Waals surface area contributed by atoms with Crippen LogP contribution in [-0.2, 0) is 16.1 Å². The van der Waals surface area contributed by atoms with Crippen molar-refractivity contribution < 1.29 is 14.3 Å². The molecule has 2 aliphatic heterocycles. The van der Waals surface area contributed by atoms with Crippen LogP contribution in [0.3, 0.4) is 0 Å². The Kier molecular flexibility index (Phi) is 5.85. The van der Waals surface area contributed by atoms with Crippen molar-refractivity contribution in [2.45, 2.75) is 57.7 Å². The molecule has 152 valence electrons. The number of ether oxygens (including phenoxy) is 1. The van der Waals surface area contributed by atoms with E-state index in [0.717, 1.165) is 36.6 Å². The van der Waals surface area contributed by atoms with Crippen molar-refractivity contribution in [3.63, 3.8) is 0 Å². The first-order chi connectivity index (χ1) is 13.6. The second-order valence-corrected chi connectivity index (χ2v) is 8.44. The minimum absolute atomic E-state index is 0.0223. The molecule has 0 radical (unpaired) electrons. The molecule has 6 nitrogen and oxygen atoms in total. The van der Waals surface area contributed by atoms with Crippen LogP contribution in [0, 0.1) is 5.92 Å². The lowest BCUT2D eigenvalue weighted by Crippen LogP contribution is -2.45. The Balaban J connectivity index is 1.39. The molecule has 2 heterocycles. The van der Waals surface area contributed by atoms with Gasteiger partial charge < -0.3 is 15.0 Å². The monoisotopic (exact) mass is 385 g/mol. The molecular weight excluding hydrogens is 354 g/mol. The Bertz CT molecular complexity index is 719. The molecule has 2 atom stereocenters. The van der Waals surface area contributed by atoms with Crippen molar-refractivity contribution >= 4 is 11.8 Å². The maximum atomic E-state index is 13.1. The molecule has 0 spiro atoms. The van der Waals surface area contributed by atoms with Crippen LogP contribution in [0.1, 0.15) is 44.6 Å². The highest BCUT2D eigenvalue weighted by atomic mass is 16.5. The van der Waals surface area contributed by atoms with Gasteiger partial charge in [0.25, 0.3) is 0 Å². The average Bonchev–Trinajstić information content (AvgIpc) is 3.45. The van der Waals surface area contributed by atoms with Crippen molar-refractivity contribution in [2.24, 2.45) is 5.92 Å². The first-order valence-electron chi connectivity index (χ1n) is 10.6. The number of carbonyl (C=O) groups excluding carboxylic acids is 2. The summed E-state index contributed by atoms with van der Waals surface area (Å²) < 4.78 is 5.81. The highest BCUT2D eigenvalue weighted by Crippen LogP contribution is 2.35. The molecule has 3 aliphatic rings. The summed E-state index contributed by atoms with van der Waals surface area (Å²) >= 11 is 0. The van der Waals surface area contributed by atoms with Crippen molar-refractivity contribution in [2.75, 3.05) is 26.2 Å². The number of nitrogens with zero attached hydrogens (tertiary/aromatic N) is 2. The molecule has 1 aliphatic carbocycles. The van der Waals surface area contributed by atoms with Crippen LogP contribution < -0.4 is 10.1 Å². The van der Waals surface area contributed by atoms with Crippen LogP contribution >= 0.6 is 0 Å². The highest BCUT2D eigenvalue weighted by Gasteiger charge is 2.38. The van der Waals surface area contributed by atoms with E-state index in [2.05, 4.69) is 10.2 Å². The van der Waals surface area contributed by atoms with E-state index in [-0.39, 0.29) is 17.9 Å².